The van der Waals surface area contributed by atoms with Crippen molar-refractivity contribution >= 4 is 33.8 Å². The van der Waals surface area contributed by atoms with Gasteiger partial charge in [0.25, 0.3) is 0 Å². The normalized spacial score (nSPS) is 16.4. The van der Waals surface area contributed by atoms with E-state index >= 15 is 0 Å². The summed E-state index contributed by atoms with van der Waals surface area (Å²) in [4.78, 5) is 37.1. The third kappa shape index (κ3) is 4.51. The van der Waals surface area contributed by atoms with E-state index in [1.807, 2.05) is 38.2 Å². The Morgan fingerprint density at radius 2 is 1.91 bits per heavy atom. The first-order chi connectivity index (χ1) is 16.0. The van der Waals surface area contributed by atoms with Gasteiger partial charge < -0.3 is 11.5 Å². The van der Waals surface area contributed by atoms with Crippen molar-refractivity contribution in [1.82, 2.24) is 25.5 Å². The van der Waals surface area contributed by atoms with Crippen molar-refractivity contribution < 1.29 is 15.4 Å². The third-order valence-electron chi connectivity index (χ3n) is 5.70. The fourth-order valence-corrected chi connectivity index (χ4v) is 3.79. The van der Waals surface area contributed by atoms with E-state index in [-0.39, 0.29) is 25.7 Å². The lowest BCUT2D eigenvalue weighted by atomic mass is 10.0. The number of nitrogens with one attached hydrogen (secondary N) is 1. The van der Waals surface area contributed by atoms with Crippen molar-refractivity contribution in [2.75, 3.05) is 5.32 Å². The maximum Gasteiger partial charge on any atom is 0.231 e. The minimum atomic E-state index is -1.06. The number of rotatable bonds is 5. The van der Waals surface area contributed by atoms with Crippen LogP contribution in [-0.2, 0) is 4.79 Å². The first-order valence-corrected chi connectivity index (χ1v) is 11.2. The number of carbonyl (C=O) groups excluding carboxylic acids is 2. The Balaban J connectivity index is 0.00000105. The Morgan fingerprint density at radius 3 is 2.56 bits per heavy atom. The molecule has 180 valence electrons. The van der Waals surface area contributed by atoms with Gasteiger partial charge in [-0.1, -0.05) is 20.8 Å². The average molecular weight is 467 g/mol. The molecular formula is C25H31FN6O2. The Kier molecular flexibility index (Phi) is 7.36. The molecule has 1 amide bonds. The molecule has 4 N–H and O–H groups in total. The predicted octanol–water partition coefficient (Wildman–Crippen LogP) is 5.58. The monoisotopic (exact) mass is 466 g/mol. The second kappa shape index (κ2) is 10.0. The molecule has 4 aromatic rings. The number of hydrogen-bond acceptors (Lipinski definition) is 6. The number of fused-ring (bicyclic) bond motifs is 3. The van der Waals surface area contributed by atoms with Crippen LogP contribution in [0.4, 0.5) is 10.2 Å². The first kappa shape index (κ1) is 24.9. The summed E-state index contributed by atoms with van der Waals surface area (Å²) in [6, 6.07) is 5.56. The number of carbonyl (C=O) groups is 2. The lowest BCUT2D eigenvalue weighted by Crippen LogP contribution is -2.15. The van der Waals surface area contributed by atoms with Crippen LogP contribution in [0.15, 0.2) is 43.1 Å². The maximum atomic E-state index is 13.2. The van der Waals surface area contributed by atoms with E-state index in [1.165, 1.54) is 0 Å². The zero-order valence-corrected chi connectivity index (χ0v) is 19.8. The number of anilines is 1. The minimum Gasteiger partial charge on any atom is -0.344 e. The van der Waals surface area contributed by atoms with Crippen molar-refractivity contribution in [1.29, 1.82) is 0 Å². The van der Waals surface area contributed by atoms with E-state index in [4.69, 9.17) is 0 Å². The van der Waals surface area contributed by atoms with Gasteiger partial charge in [0.2, 0.25) is 5.91 Å². The highest BCUT2D eigenvalue weighted by Gasteiger charge is 2.43. The van der Waals surface area contributed by atoms with E-state index in [9.17, 15) is 14.0 Å². The zero-order chi connectivity index (χ0) is 23.7. The lowest BCUT2D eigenvalue weighted by molar-refractivity contribution is -0.117. The minimum absolute atomic E-state index is 0. The Morgan fingerprint density at radius 1 is 1.18 bits per heavy atom. The quantitative estimate of drug-likeness (QED) is 0.370. The van der Waals surface area contributed by atoms with Crippen molar-refractivity contribution in [3.63, 3.8) is 0 Å². The van der Waals surface area contributed by atoms with Crippen LogP contribution in [0.3, 0.4) is 0 Å². The van der Waals surface area contributed by atoms with E-state index in [0.29, 0.717) is 17.9 Å². The number of imidazole rings is 1. The highest BCUT2D eigenvalue weighted by atomic mass is 19.1. The van der Waals surface area contributed by atoms with Gasteiger partial charge >= 0.3 is 0 Å². The summed E-state index contributed by atoms with van der Waals surface area (Å²) in [7, 11) is 0. The topological polar surface area (TPSA) is 124 Å². The van der Waals surface area contributed by atoms with Crippen LogP contribution in [0.5, 0.6) is 0 Å². The van der Waals surface area contributed by atoms with Gasteiger partial charge in [-0.15, -0.1) is 0 Å². The first-order valence-electron chi connectivity index (χ1n) is 11.2. The van der Waals surface area contributed by atoms with Crippen molar-refractivity contribution in [3.8, 4) is 11.3 Å². The number of Topliss-reactive ketones (excluding diaryl/α,β-unsaturated/α-hetero) is 1. The van der Waals surface area contributed by atoms with Crippen LogP contribution >= 0.6 is 0 Å². The molecule has 0 aliphatic heterocycles. The van der Waals surface area contributed by atoms with Crippen molar-refractivity contribution in [2.24, 2.45) is 5.92 Å². The fraction of sp³-hybridized carbons (Fsp3) is 0.320. The fourth-order valence-electron chi connectivity index (χ4n) is 3.79. The molecular weight excluding hydrogens is 435 g/mol. The van der Waals surface area contributed by atoms with Crippen LogP contribution in [0.25, 0.3) is 27.5 Å². The van der Waals surface area contributed by atoms with E-state index in [1.54, 1.807) is 37.1 Å². The smallest absolute Gasteiger partial charge is 0.231 e. The number of amides is 1. The summed E-state index contributed by atoms with van der Waals surface area (Å²) in [5.41, 5.74) is 3.99. The molecule has 0 unspecified atom stereocenters. The maximum absolute atomic E-state index is 13.2. The van der Waals surface area contributed by atoms with Crippen LogP contribution in [0.2, 0.25) is 0 Å². The molecule has 1 saturated carbocycles. The number of nitrogens with zero attached hydrogens (tertiary/aromatic N) is 4. The summed E-state index contributed by atoms with van der Waals surface area (Å²) < 4.78 is 15.1. The second-order valence-electron chi connectivity index (χ2n) is 7.84. The Labute approximate surface area is 198 Å². The second-order valence-corrected chi connectivity index (χ2v) is 7.84. The van der Waals surface area contributed by atoms with Crippen LogP contribution in [-0.4, -0.2) is 37.2 Å². The van der Waals surface area contributed by atoms with Gasteiger partial charge in [0, 0.05) is 36.6 Å². The molecule has 0 saturated heterocycles. The van der Waals surface area contributed by atoms with Crippen LogP contribution < -0.4 is 11.5 Å². The number of halogens is 1. The Hall–Kier alpha value is -3.72. The molecule has 5 rings (SSSR count). The molecule has 34 heavy (non-hydrogen) atoms. The molecule has 0 spiro atoms. The molecule has 0 bridgehead atoms. The number of alkyl halides is 1. The van der Waals surface area contributed by atoms with Crippen molar-refractivity contribution in [2.45, 2.75) is 46.7 Å². The summed E-state index contributed by atoms with van der Waals surface area (Å²) in [5, 5.41) is 4.43. The lowest BCUT2D eigenvalue weighted by Gasteiger charge is -2.13. The highest BCUT2D eigenvalue weighted by Crippen LogP contribution is 2.35. The van der Waals surface area contributed by atoms with Crippen molar-refractivity contribution in [3.05, 3.63) is 54.4 Å². The third-order valence-corrected chi connectivity index (χ3v) is 5.70. The zero-order valence-electron chi connectivity index (χ0n) is 19.8. The molecule has 1 fully saturated rings. The average Bonchev–Trinajstić information content (AvgIpc) is 3.36. The van der Waals surface area contributed by atoms with Gasteiger partial charge in [0.1, 0.15) is 17.7 Å². The van der Waals surface area contributed by atoms with Crippen LogP contribution in [0, 0.1) is 12.8 Å². The molecule has 8 nitrogen and oxygen atoms in total. The van der Waals surface area contributed by atoms with Gasteiger partial charge in [-0.05, 0) is 37.1 Å². The molecule has 0 aromatic carbocycles. The SMILES string of the molecule is CC.CCC(=O)c1cc(C)c(-c2cc3cnc(NC(=O)[C@H]4C[C@H]4F)cc3c3cncn23)cn1.N.[HH]. The summed E-state index contributed by atoms with van der Waals surface area (Å²) >= 11 is 0. The predicted molar refractivity (Wildman–Crippen MR) is 133 cm³/mol. The molecule has 1 aliphatic rings. The van der Waals surface area contributed by atoms with E-state index in [2.05, 4.69) is 20.3 Å². The van der Waals surface area contributed by atoms with E-state index in [0.717, 1.165) is 33.1 Å². The van der Waals surface area contributed by atoms with Gasteiger partial charge in [-0.2, -0.15) is 0 Å². The largest absolute Gasteiger partial charge is 0.344 e. The number of aryl methyl sites for hydroxylation is 1. The molecule has 0 radical (unpaired) electrons. The number of pyridine rings is 3. The summed E-state index contributed by atoms with van der Waals surface area (Å²) in [6.45, 7) is 7.76. The highest BCUT2D eigenvalue weighted by molar-refractivity contribution is 6.02. The number of aromatic nitrogens is 4. The Bertz CT molecular complexity index is 1370. The number of hydrogen-bond donors (Lipinski definition) is 2. The van der Waals surface area contributed by atoms with Crippen LogP contribution in [0.1, 0.15) is 51.1 Å². The van der Waals surface area contributed by atoms with Gasteiger partial charge in [-0.25, -0.2) is 14.4 Å². The molecule has 9 heteroatoms. The molecule has 1 aliphatic carbocycles. The summed E-state index contributed by atoms with van der Waals surface area (Å²) in [6.07, 6.45) is 6.47. The van der Waals surface area contributed by atoms with E-state index < -0.39 is 12.1 Å². The van der Waals surface area contributed by atoms with Gasteiger partial charge in [0.15, 0.2) is 5.78 Å². The molecule has 2 atom stereocenters. The summed E-state index contributed by atoms with van der Waals surface area (Å²) in [5.74, 6) is -0.533. The standard InChI is InChI=1S/C23H20FN5O2.C2H6.H3N.H2/c1-3-21(30)18-4-12(2)16(9-26-18)19-5-13-8-27-22(28-23(31)15-6-17(15)24)7-14(13)20-10-25-11-29(19)20;1-2;;/h4-5,7-11,15,17H,3,6H2,1-2H3,(H,27,28,31);1-2H3;1H3;1H/t15-,17+;;;/m0.../s1. The molecule has 4 heterocycles. The van der Waals surface area contributed by atoms with Gasteiger partial charge in [-0.3, -0.25) is 19.0 Å². The molecule has 4 aromatic heterocycles. The van der Waals surface area contributed by atoms with Gasteiger partial charge in [0.05, 0.1) is 29.7 Å². The number of ketones is 1.